The fraction of sp³-hybridized carbons (Fsp3) is 0.316. The zero-order valence-corrected chi connectivity index (χ0v) is 19.5. The zero-order valence-electron chi connectivity index (χ0n) is 17.1. The quantitative estimate of drug-likeness (QED) is 0.336. The second-order valence-corrected chi connectivity index (χ2v) is 9.74. The predicted octanol–water partition coefficient (Wildman–Crippen LogP) is 1.92. The molecule has 2 aromatic heterocycles. The van der Waals surface area contributed by atoms with Gasteiger partial charge in [0.2, 0.25) is 0 Å². The number of allylic oxidation sites excluding steroid dienone is 1. The normalized spacial score (nSPS) is 20.6. The lowest BCUT2D eigenvalue weighted by Gasteiger charge is -2.50. The number of oxime groups is 1. The number of aromatic nitrogens is 1. The number of anilines is 1. The van der Waals surface area contributed by atoms with E-state index in [0.29, 0.717) is 22.4 Å². The number of β-lactam (4-membered cyclic amide) rings is 1. The molecule has 1 fully saturated rings. The Morgan fingerprint density at radius 2 is 2.31 bits per heavy atom. The van der Waals surface area contributed by atoms with E-state index in [1.807, 2.05) is 6.92 Å². The van der Waals surface area contributed by atoms with E-state index in [0.717, 1.165) is 23.0 Å². The summed E-state index contributed by atoms with van der Waals surface area (Å²) in [6, 6.07) is 2.59. The average Bonchev–Trinajstić information content (AvgIpc) is 3.46. The first-order chi connectivity index (χ1) is 15.4. The number of thioether (sulfide) groups is 2. The molecule has 0 aromatic carbocycles. The number of nitrogens with zero attached hydrogens (tertiary/aromatic N) is 3. The lowest BCUT2D eigenvalue weighted by Crippen LogP contribution is -2.70. The van der Waals surface area contributed by atoms with Gasteiger partial charge in [-0.25, -0.2) is 4.98 Å². The fourth-order valence-corrected chi connectivity index (χ4v) is 6.27. The molecule has 3 N–H and O–H groups in total. The van der Waals surface area contributed by atoms with Crippen molar-refractivity contribution in [1.82, 2.24) is 15.2 Å². The van der Waals surface area contributed by atoms with Gasteiger partial charge in [-0.1, -0.05) is 16.9 Å². The number of amides is 2. The van der Waals surface area contributed by atoms with E-state index in [1.54, 1.807) is 22.4 Å². The van der Waals surface area contributed by atoms with Gasteiger partial charge in [-0.05, 0) is 24.6 Å². The number of fused-ring (bicyclic) bond motifs is 1. The van der Waals surface area contributed by atoms with Crippen molar-refractivity contribution in [2.45, 2.75) is 18.3 Å². The van der Waals surface area contributed by atoms with Crippen molar-refractivity contribution < 1.29 is 23.6 Å². The van der Waals surface area contributed by atoms with E-state index in [4.69, 9.17) is 15.0 Å². The van der Waals surface area contributed by atoms with Crippen molar-refractivity contribution in [2.24, 2.45) is 5.16 Å². The minimum Gasteiger partial charge on any atom is -0.460 e. The predicted molar refractivity (Wildman–Crippen MR) is 123 cm³/mol. The van der Waals surface area contributed by atoms with E-state index < -0.39 is 11.9 Å². The van der Waals surface area contributed by atoms with Crippen molar-refractivity contribution in [3.05, 3.63) is 46.5 Å². The minimum absolute atomic E-state index is 0.0479. The minimum atomic E-state index is -0.695. The molecule has 2 atom stereocenters. The Morgan fingerprint density at radius 1 is 1.50 bits per heavy atom. The van der Waals surface area contributed by atoms with Gasteiger partial charge in [0.1, 0.15) is 24.2 Å². The third kappa shape index (κ3) is 4.27. The Labute approximate surface area is 195 Å². The highest BCUT2D eigenvalue weighted by molar-refractivity contribution is 8.14. The summed E-state index contributed by atoms with van der Waals surface area (Å²) >= 11 is 3.84. The van der Waals surface area contributed by atoms with Crippen LogP contribution in [0.1, 0.15) is 23.2 Å². The molecule has 13 heteroatoms. The van der Waals surface area contributed by atoms with Gasteiger partial charge in [-0.15, -0.1) is 23.1 Å². The van der Waals surface area contributed by atoms with Gasteiger partial charge >= 0.3 is 0 Å². The molecule has 1 unspecified atom stereocenters. The van der Waals surface area contributed by atoms with Gasteiger partial charge in [0.25, 0.3) is 16.9 Å². The summed E-state index contributed by atoms with van der Waals surface area (Å²) in [5.41, 5.74) is 7.68. The molecule has 0 spiro atoms. The number of nitrogens with one attached hydrogen (secondary N) is 1. The fourth-order valence-electron chi connectivity index (χ4n) is 3.25. The Hall–Kier alpha value is -2.77. The standard InChI is InChI=1S/C19H19N5O5S3/c1-9-10(7-31-18(27)12-4-3-5-29-12)6-30-17-14(16(26)24(9)17)22-15(25)13(23-28-2)11-8-32-19(20)21-11/h3-5,8,14,17H,6-7H2,1-2H3,(H2,20,21)(H,22,25)/t14-,17?/m1/s1. The first kappa shape index (κ1) is 22.4. The number of hydrogen-bond donors (Lipinski definition) is 2. The molecule has 168 valence electrons. The number of thiazole rings is 1. The van der Waals surface area contributed by atoms with Crippen LogP contribution in [0.5, 0.6) is 0 Å². The number of carbonyl (C=O) groups is 3. The number of nitrogens with two attached hydrogens (primary N) is 1. The number of nitrogen functional groups attached to an aromatic ring is 1. The summed E-state index contributed by atoms with van der Waals surface area (Å²) in [6.45, 7) is 1.85. The van der Waals surface area contributed by atoms with E-state index >= 15 is 0 Å². The smallest absolute Gasteiger partial charge is 0.276 e. The molecule has 0 bridgehead atoms. The number of rotatable bonds is 7. The van der Waals surface area contributed by atoms with Crippen molar-refractivity contribution in [2.75, 3.05) is 24.3 Å². The van der Waals surface area contributed by atoms with Crippen molar-refractivity contribution in [1.29, 1.82) is 0 Å². The lowest BCUT2D eigenvalue weighted by molar-refractivity contribution is -0.144. The summed E-state index contributed by atoms with van der Waals surface area (Å²) in [5, 5.41) is 7.98. The van der Waals surface area contributed by atoms with Crippen LogP contribution in [0, 0.1) is 0 Å². The molecular formula is C19H19N5O5S3. The number of hydrogen-bond acceptors (Lipinski definition) is 11. The van der Waals surface area contributed by atoms with Gasteiger partial charge < -0.3 is 20.3 Å². The van der Waals surface area contributed by atoms with Crippen LogP contribution in [0.15, 0.2) is 44.6 Å². The largest absolute Gasteiger partial charge is 0.460 e. The molecular weight excluding hydrogens is 474 g/mol. The molecule has 2 aliphatic heterocycles. The van der Waals surface area contributed by atoms with Gasteiger partial charge in [-0.2, -0.15) is 0 Å². The third-order valence-corrected chi connectivity index (χ3v) is 7.86. The highest BCUT2D eigenvalue weighted by atomic mass is 32.2. The van der Waals surface area contributed by atoms with Crippen LogP contribution in [-0.2, 0) is 14.4 Å². The van der Waals surface area contributed by atoms with Crippen molar-refractivity contribution in [3.8, 4) is 0 Å². The summed E-state index contributed by atoms with van der Waals surface area (Å²) in [5.74, 6) is 0.618. The maximum atomic E-state index is 12.8. The molecule has 4 heterocycles. The SMILES string of the molecule is CON=C(C(=O)N[C@@H]1C(=O)N2C(C)=C(CSC(=O)c3ccco3)CSC12)c1csc(N)n1. The molecule has 32 heavy (non-hydrogen) atoms. The molecule has 1 saturated heterocycles. The van der Waals surface area contributed by atoms with Crippen LogP contribution < -0.4 is 11.1 Å². The van der Waals surface area contributed by atoms with Crippen LogP contribution in [0.25, 0.3) is 0 Å². The average molecular weight is 494 g/mol. The molecule has 0 saturated carbocycles. The second-order valence-electron chi connectivity index (χ2n) is 6.80. The third-order valence-electron chi connectivity index (χ3n) is 4.89. The zero-order chi connectivity index (χ0) is 22.8. The van der Waals surface area contributed by atoms with Crippen molar-refractivity contribution >= 4 is 62.6 Å². The van der Waals surface area contributed by atoms with Crippen LogP contribution in [-0.4, -0.2) is 62.6 Å². The summed E-state index contributed by atoms with van der Waals surface area (Å²) in [6.07, 6.45) is 1.46. The summed E-state index contributed by atoms with van der Waals surface area (Å²) in [4.78, 5) is 48.2. The lowest BCUT2D eigenvalue weighted by atomic mass is 10.0. The molecule has 2 aromatic rings. The second kappa shape index (κ2) is 9.38. The number of furan rings is 1. The van der Waals surface area contributed by atoms with E-state index in [1.165, 1.54) is 36.5 Å². The van der Waals surface area contributed by atoms with Gasteiger partial charge in [0, 0.05) is 22.6 Å². The van der Waals surface area contributed by atoms with E-state index in [2.05, 4.69) is 15.5 Å². The van der Waals surface area contributed by atoms with Gasteiger partial charge in [0.15, 0.2) is 16.6 Å². The first-order valence-electron chi connectivity index (χ1n) is 9.38. The Kier molecular flexibility index (Phi) is 6.58. The summed E-state index contributed by atoms with van der Waals surface area (Å²) < 4.78 is 5.12. The highest BCUT2D eigenvalue weighted by Crippen LogP contribution is 2.41. The highest BCUT2D eigenvalue weighted by Gasteiger charge is 2.51. The Bertz CT molecular complexity index is 1110. The van der Waals surface area contributed by atoms with Crippen LogP contribution in [0.2, 0.25) is 0 Å². The first-order valence-corrected chi connectivity index (χ1v) is 12.3. The molecule has 4 rings (SSSR count). The Balaban J connectivity index is 1.40. The monoisotopic (exact) mass is 493 g/mol. The molecule has 2 amide bonds. The Morgan fingerprint density at radius 3 is 2.97 bits per heavy atom. The van der Waals surface area contributed by atoms with Gasteiger partial charge in [0.05, 0.1) is 6.26 Å². The molecule has 2 aliphatic rings. The maximum Gasteiger partial charge on any atom is 0.276 e. The maximum absolute atomic E-state index is 12.8. The molecule has 10 nitrogen and oxygen atoms in total. The van der Waals surface area contributed by atoms with Crippen molar-refractivity contribution in [3.63, 3.8) is 0 Å². The molecule has 0 radical (unpaired) electrons. The molecule has 0 aliphatic carbocycles. The van der Waals surface area contributed by atoms with E-state index in [9.17, 15) is 14.4 Å². The van der Waals surface area contributed by atoms with Gasteiger partial charge in [-0.3, -0.25) is 19.3 Å². The van der Waals surface area contributed by atoms with Crippen LogP contribution in [0.4, 0.5) is 5.13 Å². The summed E-state index contributed by atoms with van der Waals surface area (Å²) in [7, 11) is 1.32. The van der Waals surface area contributed by atoms with Crippen LogP contribution >= 0.6 is 34.9 Å². The van der Waals surface area contributed by atoms with Crippen LogP contribution in [0.3, 0.4) is 0 Å². The topological polar surface area (TPSA) is 140 Å². The van der Waals surface area contributed by atoms with E-state index in [-0.39, 0.29) is 27.8 Å². The number of carbonyl (C=O) groups excluding carboxylic acids is 3.